The molecule has 0 bridgehead atoms. The van der Waals surface area contributed by atoms with Crippen LogP contribution in [0.3, 0.4) is 0 Å². The van der Waals surface area contributed by atoms with Gasteiger partial charge in [0, 0.05) is 31.2 Å². The zero-order chi connectivity index (χ0) is 14.3. The molecule has 2 aromatic carbocycles. The van der Waals surface area contributed by atoms with Crippen LogP contribution in [0.1, 0.15) is 5.56 Å². The number of aromatic nitrogens is 1. The predicted octanol–water partition coefficient (Wildman–Crippen LogP) is 3.84. The van der Waals surface area contributed by atoms with Gasteiger partial charge in [-0.3, -0.25) is 0 Å². The molecular formula is C17H19N3. The second kappa shape index (κ2) is 4.60. The largest absolute Gasteiger partial charge is 0.397 e. The number of para-hydroxylation sites is 1. The molecule has 3 rings (SSSR count). The second-order valence-electron chi connectivity index (χ2n) is 5.26. The molecule has 0 amide bonds. The molecule has 2 N–H and O–H groups in total. The van der Waals surface area contributed by atoms with Gasteiger partial charge in [-0.05, 0) is 30.7 Å². The highest BCUT2D eigenvalue weighted by Crippen LogP contribution is 2.35. The number of fused-ring (bicyclic) bond motifs is 1. The summed E-state index contributed by atoms with van der Waals surface area (Å²) in [5.41, 5.74) is 11.6. The van der Waals surface area contributed by atoms with Gasteiger partial charge >= 0.3 is 0 Å². The Morgan fingerprint density at radius 3 is 2.55 bits per heavy atom. The molecule has 0 radical (unpaired) electrons. The van der Waals surface area contributed by atoms with Gasteiger partial charge in [-0.2, -0.15) is 0 Å². The van der Waals surface area contributed by atoms with Crippen LogP contribution in [0.25, 0.3) is 10.9 Å². The summed E-state index contributed by atoms with van der Waals surface area (Å²) in [5.74, 6) is 0. The van der Waals surface area contributed by atoms with E-state index in [1.54, 1.807) is 0 Å². The van der Waals surface area contributed by atoms with Gasteiger partial charge in [0.2, 0.25) is 0 Å². The molecule has 0 saturated carbocycles. The Labute approximate surface area is 119 Å². The van der Waals surface area contributed by atoms with Crippen LogP contribution >= 0.6 is 0 Å². The van der Waals surface area contributed by atoms with Crippen molar-refractivity contribution in [2.75, 3.05) is 17.7 Å². The van der Waals surface area contributed by atoms with E-state index in [1.807, 2.05) is 6.07 Å². The van der Waals surface area contributed by atoms with Crippen molar-refractivity contribution in [1.29, 1.82) is 0 Å². The maximum atomic E-state index is 6.16. The van der Waals surface area contributed by atoms with Crippen LogP contribution in [0.2, 0.25) is 0 Å². The fourth-order valence-electron chi connectivity index (χ4n) is 2.70. The number of nitrogen functional groups attached to an aromatic ring is 1. The monoisotopic (exact) mass is 265 g/mol. The van der Waals surface area contributed by atoms with Crippen molar-refractivity contribution in [3.05, 3.63) is 54.2 Å². The first-order chi connectivity index (χ1) is 9.58. The highest BCUT2D eigenvalue weighted by Gasteiger charge is 2.13. The molecule has 1 heterocycles. The minimum Gasteiger partial charge on any atom is -0.397 e. The third-order valence-electron chi connectivity index (χ3n) is 3.78. The number of benzene rings is 2. The molecule has 0 aliphatic carbocycles. The summed E-state index contributed by atoms with van der Waals surface area (Å²) in [6, 6.07) is 14.6. The van der Waals surface area contributed by atoms with Gasteiger partial charge in [0.25, 0.3) is 0 Å². The van der Waals surface area contributed by atoms with E-state index >= 15 is 0 Å². The number of rotatable bonds is 2. The Kier molecular flexibility index (Phi) is 2.90. The third-order valence-corrected chi connectivity index (χ3v) is 3.78. The fraction of sp³-hybridized carbons (Fsp3) is 0.176. The highest BCUT2D eigenvalue weighted by atomic mass is 15.1. The SMILES string of the molecule is Cc1ccc(N(C)c2cn(C)c3ccccc23)c(N)c1. The lowest BCUT2D eigenvalue weighted by atomic mass is 10.1. The predicted molar refractivity (Wildman–Crippen MR) is 86.6 cm³/mol. The van der Waals surface area contributed by atoms with Gasteiger partial charge in [0.1, 0.15) is 0 Å². The zero-order valence-corrected chi connectivity index (χ0v) is 12.1. The summed E-state index contributed by atoms with van der Waals surface area (Å²) in [6.45, 7) is 2.05. The average Bonchev–Trinajstić information content (AvgIpc) is 2.76. The zero-order valence-electron chi connectivity index (χ0n) is 12.1. The quantitative estimate of drug-likeness (QED) is 0.714. The van der Waals surface area contributed by atoms with E-state index in [4.69, 9.17) is 5.73 Å². The lowest BCUT2D eigenvalue weighted by molar-refractivity contribution is 0.965. The molecule has 0 unspecified atom stereocenters. The number of hydrogen-bond acceptors (Lipinski definition) is 2. The fourth-order valence-corrected chi connectivity index (χ4v) is 2.70. The Hall–Kier alpha value is -2.42. The molecule has 3 aromatic rings. The summed E-state index contributed by atoms with van der Waals surface area (Å²) in [7, 11) is 4.13. The third kappa shape index (κ3) is 1.92. The first-order valence-corrected chi connectivity index (χ1v) is 6.72. The smallest absolute Gasteiger partial charge is 0.0668 e. The topological polar surface area (TPSA) is 34.2 Å². The van der Waals surface area contributed by atoms with E-state index in [1.165, 1.54) is 22.2 Å². The molecular weight excluding hydrogens is 246 g/mol. The molecule has 102 valence electrons. The molecule has 0 aliphatic heterocycles. The summed E-state index contributed by atoms with van der Waals surface area (Å²) in [5, 5.41) is 1.23. The Balaban J connectivity index is 2.15. The van der Waals surface area contributed by atoms with Crippen molar-refractivity contribution in [1.82, 2.24) is 4.57 Å². The van der Waals surface area contributed by atoms with Crippen LogP contribution in [0, 0.1) is 6.92 Å². The van der Waals surface area contributed by atoms with Crippen LogP contribution in [-0.2, 0) is 7.05 Å². The molecule has 0 fully saturated rings. The van der Waals surface area contributed by atoms with Crippen molar-refractivity contribution in [3.63, 3.8) is 0 Å². The van der Waals surface area contributed by atoms with Crippen LogP contribution in [0.5, 0.6) is 0 Å². The summed E-state index contributed by atoms with van der Waals surface area (Å²) < 4.78 is 2.14. The highest BCUT2D eigenvalue weighted by molar-refractivity contribution is 5.96. The minimum atomic E-state index is 0.806. The Bertz CT molecular complexity index is 771. The number of nitrogens with two attached hydrogens (primary N) is 1. The van der Waals surface area contributed by atoms with E-state index in [0.717, 1.165) is 11.4 Å². The molecule has 3 heteroatoms. The number of nitrogens with zero attached hydrogens (tertiary/aromatic N) is 2. The van der Waals surface area contributed by atoms with Crippen LogP contribution < -0.4 is 10.6 Å². The first-order valence-electron chi connectivity index (χ1n) is 6.72. The van der Waals surface area contributed by atoms with Crippen LogP contribution in [0.15, 0.2) is 48.7 Å². The number of hydrogen-bond donors (Lipinski definition) is 1. The number of anilines is 3. The van der Waals surface area contributed by atoms with Crippen molar-refractivity contribution < 1.29 is 0 Å². The summed E-state index contributed by atoms with van der Waals surface area (Å²) in [4.78, 5) is 2.15. The molecule has 1 aromatic heterocycles. The van der Waals surface area contributed by atoms with E-state index in [2.05, 4.69) is 73.1 Å². The van der Waals surface area contributed by atoms with Crippen LogP contribution in [-0.4, -0.2) is 11.6 Å². The average molecular weight is 265 g/mol. The van der Waals surface area contributed by atoms with E-state index in [-0.39, 0.29) is 0 Å². The molecule has 0 atom stereocenters. The van der Waals surface area contributed by atoms with Crippen molar-refractivity contribution in [2.24, 2.45) is 7.05 Å². The van der Waals surface area contributed by atoms with Gasteiger partial charge in [-0.25, -0.2) is 0 Å². The number of aryl methyl sites for hydroxylation is 2. The first kappa shape index (κ1) is 12.6. The summed E-state index contributed by atoms with van der Waals surface area (Å²) in [6.07, 6.45) is 2.14. The van der Waals surface area contributed by atoms with Crippen molar-refractivity contribution in [3.8, 4) is 0 Å². The maximum Gasteiger partial charge on any atom is 0.0668 e. The lowest BCUT2D eigenvalue weighted by Gasteiger charge is -2.20. The van der Waals surface area contributed by atoms with Gasteiger partial charge in [0.15, 0.2) is 0 Å². The Morgan fingerprint density at radius 2 is 1.80 bits per heavy atom. The van der Waals surface area contributed by atoms with Crippen molar-refractivity contribution in [2.45, 2.75) is 6.92 Å². The minimum absolute atomic E-state index is 0.806. The van der Waals surface area contributed by atoms with Crippen molar-refractivity contribution >= 4 is 28.0 Å². The standard InChI is InChI=1S/C17H19N3/c1-12-8-9-16(14(18)10-12)20(3)17-11-19(2)15-7-5-4-6-13(15)17/h4-11H,18H2,1-3H3. The molecule has 0 aliphatic rings. The van der Waals surface area contributed by atoms with Gasteiger partial charge in [-0.1, -0.05) is 24.3 Å². The van der Waals surface area contributed by atoms with Crippen LogP contribution in [0.4, 0.5) is 17.1 Å². The molecule has 3 nitrogen and oxygen atoms in total. The normalized spacial score (nSPS) is 10.9. The lowest BCUT2D eigenvalue weighted by Crippen LogP contribution is -2.11. The maximum absolute atomic E-state index is 6.16. The molecule has 0 saturated heterocycles. The van der Waals surface area contributed by atoms with E-state index in [9.17, 15) is 0 Å². The summed E-state index contributed by atoms with van der Waals surface area (Å²) >= 11 is 0. The molecule has 0 spiro atoms. The van der Waals surface area contributed by atoms with E-state index < -0.39 is 0 Å². The van der Waals surface area contributed by atoms with Gasteiger partial charge in [-0.15, -0.1) is 0 Å². The van der Waals surface area contributed by atoms with E-state index in [0.29, 0.717) is 0 Å². The Morgan fingerprint density at radius 1 is 1.05 bits per heavy atom. The van der Waals surface area contributed by atoms with Gasteiger partial charge < -0.3 is 15.2 Å². The molecule has 20 heavy (non-hydrogen) atoms. The second-order valence-corrected chi connectivity index (χ2v) is 5.26. The van der Waals surface area contributed by atoms with Gasteiger partial charge in [0.05, 0.1) is 17.1 Å².